The highest BCUT2D eigenvalue weighted by molar-refractivity contribution is 9.10. The number of amides is 1. The van der Waals surface area contributed by atoms with Crippen molar-refractivity contribution in [3.63, 3.8) is 0 Å². The number of aryl methyl sites for hydroxylation is 3. The summed E-state index contributed by atoms with van der Waals surface area (Å²) in [6, 6.07) is 11.2. The van der Waals surface area contributed by atoms with Crippen molar-refractivity contribution in [3.05, 3.63) is 63.3 Å². The second-order valence-electron chi connectivity index (χ2n) is 6.09. The van der Waals surface area contributed by atoms with Gasteiger partial charge in [-0.1, -0.05) is 34.1 Å². The summed E-state index contributed by atoms with van der Waals surface area (Å²) in [5.41, 5.74) is 3.91. The monoisotopic (exact) mass is 415 g/mol. The highest BCUT2D eigenvalue weighted by Crippen LogP contribution is 2.28. The average molecular weight is 416 g/mol. The summed E-state index contributed by atoms with van der Waals surface area (Å²) in [7, 11) is 0. The van der Waals surface area contributed by atoms with Gasteiger partial charge in [0.2, 0.25) is 5.76 Å². The van der Waals surface area contributed by atoms with Crippen molar-refractivity contribution in [1.82, 2.24) is 0 Å². The van der Waals surface area contributed by atoms with Crippen molar-refractivity contribution in [2.75, 3.05) is 11.9 Å². The zero-order chi connectivity index (χ0) is 18.8. The number of carbonyl (C=O) groups is 2. The smallest absolute Gasteiger partial charge is 0.375 e. The maximum atomic E-state index is 12.3. The zero-order valence-electron chi connectivity index (χ0n) is 14.7. The Morgan fingerprint density at radius 1 is 1.12 bits per heavy atom. The third-order valence-electron chi connectivity index (χ3n) is 4.16. The molecule has 0 fully saturated rings. The van der Waals surface area contributed by atoms with Crippen molar-refractivity contribution in [2.45, 2.75) is 20.8 Å². The molecular formula is C20H18BrNO4. The number of furan rings is 1. The van der Waals surface area contributed by atoms with E-state index < -0.39 is 11.9 Å². The molecule has 134 valence electrons. The van der Waals surface area contributed by atoms with Gasteiger partial charge < -0.3 is 14.5 Å². The molecule has 1 N–H and O–H groups in total. The van der Waals surface area contributed by atoms with Gasteiger partial charge in [-0.3, -0.25) is 4.79 Å². The summed E-state index contributed by atoms with van der Waals surface area (Å²) in [4.78, 5) is 24.4. The lowest BCUT2D eigenvalue weighted by Crippen LogP contribution is -2.22. The van der Waals surface area contributed by atoms with Gasteiger partial charge in [-0.05, 0) is 50.1 Å². The number of hydrogen-bond acceptors (Lipinski definition) is 4. The van der Waals surface area contributed by atoms with Crippen LogP contribution in [0.3, 0.4) is 0 Å². The van der Waals surface area contributed by atoms with Crippen molar-refractivity contribution in [2.24, 2.45) is 0 Å². The van der Waals surface area contributed by atoms with Crippen LogP contribution in [-0.2, 0) is 9.53 Å². The number of nitrogens with one attached hydrogen (secondary N) is 1. The summed E-state index contributed by atoms with van der Waals surface area (Å²) in [6.45, 7) is 5.22. The molecule has 0 atom stereocenters. The van der Waals surface area contributed by atoms with E-state index >= 15 is 0 Å². The molecule has 0 bridgehead atoms. The minimum atomic E-state index is -0.661. The Labute approximate surface area is 159 Å². The molecule has 1 amide bonds. The summed E-state index contributed by atoms with van der Waals surface area (Å²) < 4.78 is 11.6. The van der Waals surface area contributed by atoms with Crippen LogP contribution in [0.2, 0.25) is 0 Å². The number of fused-ring (bicyclic) bond motifs is 1. The predicted octanol–water partition coefficient (Wildman–Crippen LogP) is 4.92. The van der Waals surface area contributed by atoms with Gasteiger partial charge in [0.25, 0.3) is 5.91 Å². The molecule has 6 heteroatoms. The van der Waals surface area contributed by atoms with Gasteiger partial charge in [0.05, 0.1) is 0 Å². The molecule has 2 aromatic carbocycles. The average Bonchev–Trinajstić information content (AvgIpc) is 2.93. The van der Waals surface area contributed by atoms with E-state index in [1.807, 2.05) is 44.2 Å². The van der Waals surface area contributed by atoms with Crippen molar-refractivity contribution in [3.8, 4) is 0 Å². The van der Waals surface area contributed by atoms with Gasteiger partial charge in [0, 0.05) is 21.1 Å². The van der Waals surface area contributed by atoms with Crippen molar-refractivity contribution >= 4 is 44.5 Å². The minimum Gasteiger partial charge on any atom is -0.450 e. The molecule has 0 spiro atoms. The number of halogens is 1. The highest BCUT2D eigenvalue weighted by atomic mass is 79.9. The molecule has 3 rings (SSSR count). The fourth-order valence-corrected chi connectivity index (χ4v) is 3.13. The first-order valence-electron chi connectivity index (χ1n) is 8.08. The van der Waals surface area contributed by atoms with E-state index in [1.165, 1.54) is 0 Å². The molecule has 3 aromatic rings. The third kappa shape index (κ3) is 3.65. The Balaban J connectivity index is 1.69. The quantitative estimate of drug-likeness (QED) is 0.614. The Morgan fingerprint density at radius 2 is 1.81 bits per heavy atom. The van der Waals surface area contributed by atoms with Gasteiger partial charge >= 0.3 is 5.97 Å². The molecular weight excluding hydrogens is 398 g/mol. The standard InChI is InChI=1S/C20H18BrNO4/c1-11-5-4-6-12(2)18(11)22-17(23)10-25-20(24)19-13(3)15-9-14(21)7-8-16(15)26-19/h4-9H,10H2,1-3H3,(H,22,23). The third-order valence-corrected chi connectivity index (χ3v) is 4.66. The van der Waals surface area contributed by atoms with Crippen LogP contribution in [-0.4, -0.2) is 18.5 Å². The van der Waals surface area contributed by atoms with E-state index in [2.05, 4.69) is 21.2 Å². The zero-order valence-corrected chi connectivity index (χ0v) is 16.3. The predicted molar refractivity (Wildman–Crippen MR) is 103 cm³/mol. The maximum Gasteiger partial charge on any atom is 0.375 e. The molecule has 0 saturated carbocycles. The van der Waals surface area contributed by atoms with Crippen molar-refractivity contribution < 1.29 is 18.7 Å². The molecule has 1 aromatic heterocycles. The Morgan fingerprint density at radius 3 is 2.50 bits per heavy atom. The molecule has 0 radical (unpaired) electrons. The first-order chi connectivity index (χ1) is 12.4. The number of rotatable bonds is 4. The molecule has 0 unspecified atom stereocenters. The SMILES string of the molecule is Cc1cccc(C)c1NC(=O)COC(=O)c1oc2ccc(Br)cc2c1C. The molecule has 1 heterocycles. The van der Waals surface area contributed by atoms with Crippen LogP contribution in [0.1, 0.15) is 27.2 Å². The summed E-state index contributed by atoms with van der Waals surface area (Å²) >= 11 is 3.40. The second-order valence-corrected chi connectivity index (χ2v) is 7.00. The number of benzene rings is 2. The second kappa shape index (κ2) is 7.33. The fraction of sp³-hybridized carbons (Fsp3) is 0.200. The molecule has 5 nitrogen and oxygen atoms in total. The molecule has 0 aliphatic heterocycles. The normalized spacial score (nSPS) is 10.8. The van der Waals surface area contributed by atoms with E-state index in [0.29, 0.717) is 11.1 Å². The van der Waals surface area contributed by atoms with Gasteiger partial charge in [-0.15, -0.1) is 0 Å². The largest absolute Gasteiger partial charge is 0.450 e. The summed E-state index contributed by atoms with van der Waals surface area (Å²) in [5.74, 6) is -0.947. The lowest BCUT2D eigenvalue weighted by Gasteiger charge is -2.11. The lowest BCUT2D eigenvalue weighted by molar-refractivity contribution is -0.119. The summed E-state index contributed by atoms with van der Waals surface area (Å²) in [5, 5.41) is 3.61. The van der Waals surface area contributed by atoms with E-state index in [-0.39, 0.29) is 12.4 Å². The molecule has 0 saturated heterocycles. The van der Waals surface area contributed by atoms with Crippen molar-refractivity contribution in [1.29, 1.82) is 0 Å². The Bertz CT molecular complexity index is 986. The van der Waals surface area contributed by atoms with Crippen LogP contribution in [0, 0.1) is 20.8 Å². The maximum absolute atomic E-state index is 12.3. The van der Waals surface area contributed by atoms with E-state index in [1.54, 1.807) is 13.0 Å². The number of esters is 1. The lowest BCUT2D eigenvalue weighted by atomic mass is 10.1. The van der Waals surface area contributed by atoms with Gasteiger partial charge in [-0.2, -0.15) is 0 Å². The van der Waals surface area contributed by atoms with Crippen LogP contribution in [0.5, 0.6) is 0 Å². The van der Waals surface area contributed by atoms with Gasteiger partial charge in [-0.25, -0.2) is 4.79 Å². The topological polar surface area (TPSA) is 68.5 Å². The first-order valence-corrected chi connectivity index (χ1v) is 8.88. The van der Waals surface area contributed by atoms with Gasteiger partial charge in [0.1, 0.15) is 5.58 Å². The van der Waals surface area contributed by atoms with Crippen LogP contribution in [0.25, 0.3) is 11.0 Å². The number of para-hydroxylation sites is 1. The van der Waals surface area contributed by atoms with E-state index in [0.717, 1.165) is 26.7 Å². The number of carbonyl (C=O) groups excluding carboxylic acids is 2. The first kappa shape index (κ1) is 18.2. The highest BCUT2D eigenvalue weighted by Gasteiger charge is 2.20. The van der Waals surface area contributed by atoms with Crippen LogP contribution in [0.4, 0.5) is 5.69 Å². The number of hydrogen-bond donors (Lipinski definition) is 1. The van der Waals surface area contributed by atoms with E-state index in [9.17, 15) is 9.59 Å². The van der Waals surface area contributed by atoms with E-state index in [4.69, 9.17) is 9.15 Å². The molecule has 26 heavy (non-hydrogen) atoms. The van der Waals surface area contributed by atoms with Crippen LogP contribution >= 0.6 is 15.9 Å². The fourth-order valence-electron chi connectivity index (χ4n) is 2.77. The van der Waals surface area contributed by atoms with Crippen LogP contribution < -0.4 is 5.32 Å². The molecule has 0 aliphatic carbocycles. The Kier molecular flexibility index (Phi) is 5.13. The van der Waals surface area contributed by atoms with Crippen LogP contribution in [0.15, 0.2) is 45.3 Å². The summed E-state index contributed by atoms with van der Waals surface area (Å²) in [6.07, 6.45) is 0. The number of ether oxygens (including phenoxy) is 1. The Hall–Kier alpha value is -2.60. The molecule has 0 aliphatic rings. The minimum absolute atomic E-state index is 0.109. The van der Waals surface area contributed by atoms with Gasteiger partial charge in [0.15, 0.2) is 6.61 Å². The number of anilines is 1.